The van der Waals surface area contributed by atoms with E-state index in [1.165, 1.54) is 22.4 Å². The Morgan fingerprint density at radius 2 is 1.11 bits per heavy atom. The minimum absolute atomic E-state index is 0.0558. The van der Waals surface area contributed by atoms with Crippen LogP contribution in [0.5, 0.6) is 0 Å². The Bertz CT molecular complexity index is 826. The molecule has 1 heterocycles. The van der Waals surface area contributed by atoms with Crippen LogP contribution < -0.4 is 4.90 Å². The quantitative estimate of drug-likeness (QED) is 0.453. The van der Waals surface area contributed by atoms with E-state index in [0.717, 1.165) is 6.54 Å². The maximum Gasteiger partial charge on any atom is 0.0437 e. The summed E-state index contributed by atoms with van der Waals surface area (Å²) in [5.74, 6) is 0.905. The zero-order valence-corrected chi connectivity index (χ0v) is 19.4. The van der Waals surface area contributed by atoms with Crippen LogP contribution in [0.1, 0.15) is 90.8 Å². The van der Waals surface area contributed by atoms with E-state index < -0.39 is 0 Å². The number of hydrogen-bond acceptors (Lipinski definition) is 1. The minimum Gasteiger partial charge on any atom is -0.362 e. The Morgan fingerprint density at radius 1 is 0.643 bits per heavy atom. The molecule has 0 saturated heterocycles. The van der Waals surface area contributed by atoms with Gasteiger partial charge in [-0.1, -0.05) is 84.0 Å². The van der Waals surface area contributed by atoms with Gasteiger partial charge in [0.25, 0.3) is 0 Å². The highest BCUT2D eigenvalue weighted by atomic mass is 15.2. The topological polar surface area (TPSA) is 3.24 Å². The summed E-state index contributed by atoms with van der Waals surface area (Å²) in [7, 11) is 0. The number of anilines is 1. The van der Waals surface area contributed by atoms with Crippen molar-refractivity contribution in [3.8, 4) is 0 Å². The molecular weight excluding hydrogens is 338 g/mol. The number of nitrogens with zero attached hydrogens (tertiary/aromatic N) is 1. The van der Waals surface area contributed by atoms with Gasteiger partial charge in [-0.2, -0.15) is 0 Å². The number of hydrogen-bond donors (Lipinski definition) is 0. The first kappa shape index (κ1) is 21.0. The second-order valence-corrected chi connectivity index (χ2v) is 11.7. The average molecular weight is 378 g/mol. The summed E-state index contributed by atoms with van der Waals surface area (Å²) in [4.78, 5) is 2.61. The van der Waals surface area contributed by atoms with Crippen molar-refractivity contribution in [3.05, 3.63) is 65.2 Å². The second-order valence-electron chi connectivity index (χ2n) is 11.7. The molecule has 2 aromatic rings. The van der Waals surface area contributed by atoms with Crippen molar-refractivity contribution in [1.29, 1.82) is 0 Å². The van der Waals surface area contributed by atoms with Crippen LogP contribution in [0, 0.1) is 10.8 Å². The molecule has 3 rings (SSSR count). The maximum absolute atomic E-state index is 2.61. The third kappa shape index (κ3) is 3.86. The Balaban J connectivity index is 2.40. The Hall–Kier alpha value is -1.76. The van der Waals surface area contributed by atoms with E-state index in [0.29, 0.717) is 11.8 Å². The van der Waals surface area contributed by atoms with E-state index in [2.05, 4.69) is 116 Å². The predicted molar refractivity (Wildman–Crippen MR) is 123 cm³/mol. The predicted octanol–water partition coefficient (Wildman–Crippen LogP) is 7.76. The van der Waals surface area contributed by atoms with Crippen molar-refractivity contribution in [2.24, 2.45) is 10.8 Å². The summed E-state index contributed by atoms with van der Waals surface area (Å²) in [6, 6.07) is 18.3. The van der Waals surface area contributed by atoms with Crippen LogP contribution in [-0.2, 0) is 6.54 Å². The first-order valence-electron chi connectivity index (χ1n) is 10.8. The van der Waals surface area contributed by atoms with E-state index >= 15 is 0 Å². The third-order valence-electron chi connectivity index (χ3n) is 6.29. The van der Waals surface area contributed by atoms with Crippen LogP contribution in [0.3, 0.4) is 0 Å². The first-order valence-corrected chi connectivity index (χ1v) is 10.8. The van der Waals surface area contributed by atoms with Gasteiger partial charge in [0.05, 0.1) is 0 Å². The van der Waals surface area contributed by atoms with Gasteiger partial charge in [0.2, 0.25) is 0 Å². The number of para-hydroxylation sites is 1. The van der Waals surface area contributed by atoms with Crippen molar-refractivity contribution in [2.45, 2.75) is 86.2 Å². The van der Waals surface area contributed by atoms with Gasteiger partial charge in [-0.05, 0) is 66.2 Å². The number of fused-ring (bicyclic) bond motifs is 2. The lowest BCUT2D eigenvalue weighted by Crippen LogP contribution is -2.44. The summed E-state index contributed by atoms with van der Waals surface area (Å²) in [6.45, 7) is 22.5. The standard InChI is InChI=1S/C27H39N/c1-25(2,3)23-20-15-11-10-14-19(20)18-28(27(7,8)9)22-17-13-12-16-21(22)24(23)26(4,5)6/h10-17,23-24H,18H2,1-9H3. The van der Waals surface area contributed by atoms with E-state index in [4.69, 9.17) is 0 Å². The van der Waals surface area contributed by atoms with Crippen LogP contribution in [0.4, 0.5) is 5.69 Å². The monoisotopic (exact) mass is 377 g/mol. The highest BCUT2D eigenvalue weighted by Gasteiger charge is 2.44. The molecule has 0 saturated carbocycles. The molecule has 2 unspecified atom stereocenters. The molecule has 0 aliphatic carbocycles. The lowest BCUT2D eigenvalue weighted by Gasteiger charge is -2.50. The summed E-state index contributed by atoms with van der Waals surface area (Å²) in [5, 5.41) is 0. The normalized spacial score (nSPS) is 20.8. The Kier molecular flexibility index (Phi) is 5.19. The SMILES string of the molecule is CC(C)(C)C1c2ccccc2CN(C(C)(C)C)c2ccccc2C1C(C)(C)C. The molecule has 1 heteroatoms. The van der Waals surface area contributed by atoms with Crippen molar-refractivity contribution in [1.82, 2.24) is 0 Å². The van der Waals surface area contributed by atoms with Crippen molar-refractivity contribution >= 4 is 5.69 Å². The lowest BCUT2D eigenvalue weighted by atomic mass is 9.58. The summed E-state index contributed by atoms with van der Waals surface area (Å²) >= 11 is 0. The van der Waals surface area contributed by atoms with Gasteiger partial charge in [0.1, 0.15) is 0 Å². The molecule has 1 aliphatic heterocycles. The fourth-order valence-corrected chi connectivity index (χ4v) is 5.12. The molecule has 0 aromatic heterocycles. The number of rotatable bonds is 0. The van der Waals surface area contributed by atoms with E-state index in [1.807, 2.05) is 0 Å². The van der Waals surface area contributed by atoms with Gasteiger partial charge in [0.15, 0.2) is 0 Å². The summed E-state index contributed by atoms with van der Waals surface area (Å²) < 4.78 is 0. The van der Waals surface area contributed by atoms with Crippen molar-refractivity contribution in [2.75, 3.05) is 4.90 Å². The maximum atomic E-state index is 2.61. The van der Waals surface area contributed by atoms with E-state index in [-0.39, 0.29) is 16.4 Å². The first-order chi connectivity index (χ1) is 12.8. The average Bonchev–Trinajstić information content (AvgIpc) is 2.53. The molecule has 28 heavy (non-hydrogen) atoms. The molecule has 0 bridgehead atoms. The molecule has 0 amide bonds. The summed E-state index contributed by atoms with van der Waals surface area (Å²) in [6.07, 6.45) is 0. The van der Waals surface area contributed by atoms with Crippen LogP contribution >= 0.6 is 0 Å². The van der Waals surface area contributed by atoms with E-state index in [1.54, 1.807) is 0 Å². The molecule has 2 aromatic carbocycles. The largest absolute Gasteiger partial charge is 0.362 e. The number of benzene rings is 2. The minimum atomic E-state index is 0.0558. The molecule has 152 valence electrons. The van der Waals surface area contributed by atoms with E-state index in [9.17, 15) is 0 Å². The summed E-state index contributed by atoms with van der Waals surface area (Å²) in [5.41, 5.74) is 6.28. The Labute approximate surface area is 173 Å². The second kappa shape index (κ2) is 6.94. The molecule has 1 nitrogen and oxygen atoms in total. The third-order valence-corrected chi connectivity index (χ3v) is 6.29. The smallest absolute Gasteiger partial charge is 0.0437 e. The lowest BCUT2D eigenvalue weighted by molar-refractivity contribution is 0.184. The highest BCUT2D eigenvalue weighted by Crippen LogP contribution is 2.56. The van der Waals surface area contributed by atoms with Gasteiger partial charge in [-0.3, -0.25) is 0 Å². The van der Waals surface area contributed by atoms with Crippen LogP contribution in [-0.4, -0.2) is 5.54 Å². The van der Waals surface area contributed by atoms with Crippen LogP contribution in [0.15, 0.2) is 48.5 Å². The van der Waals surface area contributed by atoms with Crippen molar-refractivity contribution < 1.29 is 0 Å². The molecule has 0 N–H and O–H groups in total. The molecule has 0 radical (unpaired) electrons. The van der Waals surface area contributed by atoms with Gasteiger partial charge < -0.3 is 4.90 Å². The van der Waals surface area contributed by atoms with Gasteiger partial charge in [-0.15, -0.1) is 0 Å². The Morgan fingerprint density at radius 3 is 1.64 bits per heavy atom. The molecular formula is C27H39N. The fraction of sp³-hybridized carbons (Fsp3) is 0.556. The van der Waals surface area contributed by atoms with Crippen LogP contribution in [0.2, 0.25) is 0 Å². The molecule has 2 atom stereocenters. The highest BCUT2D eigenvalue weighted by molar-refractivity contribution is 5.60. The molecule has 0 spiro atoms. The zero-order chi connectivity index (χ0) is 20.9. The fourth-order valence-electron chi connectivity index (χ4n) is 5.12. The van der Waals surface area contributed by atoms with Gasteiger partial charge in [-0.25, -0.2) is 0 Å². The van der Waals surface area contributed by atoms with Crippen LogP contribution in [0.25, 0.3) is 0 Å². The van der Waals surface area contributed by atoms with Crippen molar-refractivity contribution in [3.63, 3.8) is 0 Å². The van der Waals surface area contributed by atoms with Gasteiger partial charge in [0, 0.05) is 17.8 Å². The molecule has 1 aliphatic rings. The molecule has 0 fully saturated rings. The zero-order valence-electron chi connectivity index (χ0n) is 19.4. The van der Waals surface area contributed by atoms with Gasteiger partial charge >= 0.3 is 0 Å².